The number of sulfonamides is 1. The fourth-order valence-electron chi connectivity index (χ4n) is 1.89. The minimum Gasteiger partial charge on any atom is -0.468 e. The number of methoxy groups -OCH3 is 1. The van der Waals surface area contributed by atoms with Crippen molar-refractivity contribution in [2.45, 2.75) is 10.9 Å². The van der Waals surface area contributed by atoms with Crippen LogP contribution in [-0.2, 0) is 19.6 Å². The summed E-state index contributed by atoms with van der Waals surface area (Å²) in [5.41, 5.74) is 0. The standard InChI is InChI=1S/C11H15N3O4S.2ClH/c1-18-11(15)10-8-14(6-5-13-10)19(16,17)9-3-2-4-12-7-9;;/h2-4,7,10,13H,5-6,8H2,1H3;2*1H. The van der Waals surface area contributed by atoms with Gasteiger partial charge in [0.25, 0.3) is 0 Å². The molecule has 0 aliphatic carbocycles. The number of esters is 1. The molecule has 1 N–H and O–H groups in total. The van der Waals surface area contributed by atoms with E-state index in [1.54, 1.807) is 6.07 Å². The third-order valence-corrected chi connectivity index (χ3v) is 4.74. The fraction of sp³-hybridized carbons (Fsp3) is 0.455. The molecule has 0 bridgehead atoms. The van der Waals surface area contributed by atoms with Gasteiger partial charge in [0.2, 0.25) is 10.0 Å². The largest absolute Gasteiger partial charge is 0.468 e. The smallest absolute Gasteiger partial charge is 0.324 e. The first-order valence-electron chi connectivity index (χ1n) is 5.77. The van der Waals surface area contributed by atoms with E-state index in [4.69, 9.17) is 0 Å². The van der Waals surface area contributed by atoms with E-state index >= 15 is 0 Å². The summed E-state index contributed by atoms with van der Waals surface area (Å²) in [6.07, 6.45) is 2.80. The topological polar surface area (TPSA) is 88.6 Å². The highest BCUT2D eigenvalue weighted by Gasteiger charge is 2.33. The van der Waals surface area contributed by atoms with Gasteiger partial charge in [0.15, 0.2) is 0 Å². The van der Waals surface area contributed by atoms with Crippen LogP contribution in [0.3, 0.4) is 0 Å². The SMILES string of the molecule is COC(=O)C1CN(S(=O)(=O)c2cccnc2)CCN1.Cl.Cl. The molecule has 10 heteroatoms. The highest BCUT2D eigenvalue weighted by atomic mass is 35.5. The number of halogens is 2. The maximum absolute atomic E-state index is 12.3. The quantitative estimate of drug-likeness (QED) is 0.769. The third-order valence-electron chi connectivity index (χ3n) is 2.90. The Labute approximate surface area is 135 Å². The Kier molecular flexibility index (Phi) is 8.12. The maximum Gasteiger partial charge on any atom is 0.324 e. The van der Waals surface area contributed by atoms with Gasteiger partial charge in [-0.25, -0.2) is 8.42 Å². The molecule has 21 heavy (non-hydrogen) atoms. The molecule has 0 saturated carbocycles. The van der Waals surface area contributed by atoms with Crippen molar-refractivity contribution >= 4 is 40.8 Å². The summed E-state index contributed by atoms with van der Waals surface area (Å²) in [7, 11) is -2.34. The van der Waals surface area contributed by atoms with Gasteiger partial charge in [0.05, 0.1) is 7.11 Å². The molecule has 1 aliphatic rings. The lowest BCUT2D eigenvalue weighted by Crippen LogP contribution is -2.55. The molecule has 1 saturated heterocycles. The molecule has 0 radical (unpaired) electrons. The van der Waals surface area contributed by atoms with E-state index in [1.165, 1.54) is 29.9 Å². The normalized spacial score (nSPS) is 19.0. The summed E-state index contributed by atoms with van der Waals surface area (Å²) in [5.74, 6) is -0.467. The van der Waals surface area contributed by atoms with Crippen LogP contribution < -0.4 is 5.32 Å². The van der Waals surface area contributed by atoms with Crippen molar-refractivity contribution in [1.29, 1.82) is 0 Å². The second-order valence-corrected chi connectivity index (χ2v) is 6.02. The van der Waals surface area contributed by atoms with Gasteiger partial charge in [-0.2, -0.15) is 4.31 Å². The van der Waals surface area contributed by atoms with E-state index < -0.39 is 22.0 Å². The molecule has 0 amide bonds. The number of aromatic nitrogens is 1. The molecular weight excluding hydrogens is 341 g/mol. The number of hydrogen-bond donors (Lipinski definition) is 1. The van der Waals surface area contributed by atoms with Gasteiger partial charge in [-0.15, -0.1) is 24.8 Å². The number of ether oxygens (including phenoxy) is 1. The maximum atomic E-state index is 12.3. The monoisotopic (exact) mass is 357 g/mol. The molecule has 120 valence electrons. The van der Waals surface area contributed by atoms with Crippen LogP contribution in [0, 0.1) is 0 Å². The molecule has 1 aliphatic heterocycles. The van der Waals surface area contributed by atoms with Crippen LogP contribution in [0.5, 0.6) is 0 Å². The number of rotatable bonds is 3. The van der Waals surface area contributed by atoms with E-state index in [9.17, 15) is 13.2 Å². The van der Waals surface area contributed by atoms with Crippen LogP contribution in [0.25, 0.3) is 0 Å². The lowest BCUT2D eigenvalue weighted by Gasteiger charge is -2.31. The van der Waals surface area contributed by atoms with Crippen LogP contribution in [0.15, 0.2) is 29.4 Å². The molecule has 1 unspecified atom stereocenters. The van der Waals surface area contributed by atoms with E-state index in [2.05, 4.69) is 15.0 Å². The zero-order chi connectivity index (χ0) is 13.9. The molecule has 2 heterocycles. The van der Waals surface area contributed by atoms with Gasteiger partial charge in [0.1, 0.15) is 10.9 Å². The van der Waals surface area contributed by atoms with Gasteiger partial charge in [-0.1, -0.05) is 0 Å². The fourth-order valence-corrected chi connectivity index (χ4v) is 3.31. The molecule has 7 nitrogen and oxygen atoms in total. The van der Waals surface area contributed by atoms with Crippen LogP contribution in [0.1, 0.15) is 0 Å². The molecule has 1 fully saturated rings. The Bertz CT molecular complexity index is 556. The Balaban J connectivity index is 0.00000200. The first-order valence-corrected chi connectivity index (χ1v) is 7.21. The molecule has 1 aromatic heterocycles. The summed E-state index contributed by atoms with van der Waals surface area (Å²) in [5, 5.41) is 2.93. The number of pyridine rings is 1. The number of nitrogens with one attached hydrogen (secondary N) is 1. The lowest BCUT2D eigenvalue weighted by molar-refractivity contribution is -0.143. The first-order chi connectivity index (χ1) is 9.05. The highest BCUT2D eigenvalue weighted by molar-refractivity contribution is 7.89. The van der Waals surface area contributed by atoms with Crippen LogP contribution in [0.4, 0.5) is 0 Å². The summed E-state index contributed by atoms with van der Waals surface area (Å²) in [6.45, 7) is 0.772. The second-order valence-electron chi connectivity index (χ2n) is 4.08. The summed E-state index contributed by atoms with van der Waals surface area (Å²) < 4.78 is 30.6. The van der Waals surface area contributed by atoms with E-state index in [-0.39, 0.29) is 36.3 Å². The zero-order valence-electron chi connectivity index (χ0n) is 11.3. The second kappa shape index (κ2) is 8.50. The van der Waals surface area contributed by atoms with Crippen LogP contribution >= 0.6 is 24.8 Å². The molecule has 2 rings (SSSR count). The van der Waals surface area contributed by atoms with Gasteiger partial charge in [0, 0.05) is 32.0 Å². The predicted molar refractivity (Wildman–Crippen MR) is 81.3 cm³/mol. The summed E-state index contributed by atoms with van der Waals surface area (Å²) >= 11 is 0. The minimum absolute atomic E-state index is 0. The average molecular weight is 358 g/mol. The van der Waals surface area contributed by atoms with Crippen molar-refractivity contribution in [3.8, 4) is 0 Å². The van der Waals surface area contributed by atoms with Crippen molar-refractivity contribution in [3.63, 3.8) is 0 Å². The summed E-state index contributed by atoms with van der Waals surface area (Å²) in [4.78, 5) is 15.4. The Morgan fingerprint density at radius 2 is 2.19 bits per heavy atom. The van der Waals surface area contributed by atoms with Crippen molar-refractivity contribution in [1.82, 2.24) is 14.6 Å². The number of carbonyl (C=O) groups is 1. The van der Waals surface area contributed by atoms with Gasteiger partial charge in [-0.3, -0.25) is 9.78 Å². The zero-order valence-corrected chi connectivity index (χ0v) is 13.7. The molecular formula is C11H17Cl2N3O4S. The minimum atomic E-state index is -3.61. The van der Waals surface area contributed by atoms with Crippen molar-refractivity contribution in [3.05, 3.63) is 24.5 Å². The first kappa shape index (κ1) is 20.1. The number of nitrogens with zero attached hydrogens (tertiary/aromatic N) is 2. The van der Waals surface area contributed by atoms with Gasteiger partial charge in [-0.05, 0) is 12.1 Å². The van der Waals surface area contributed by atoms with Crippen LogP contribution in [-0.4, -0.2) is 56.5 Å². The highest BCUT2D eigenvalue weighted by Crippen LogP contribution is 2.16. The van der Waals surface area contributed by atoms with E-state index in [0.29, 0.717) is 13.1 Å². The summed E-state index contributed by atoms with van der Waals surface area (Å²) in [6, 6.07) is 2.41. The molecule has 1 aromatic rings. The number of hydrogen-bond acceptors (Lipinski definition) is 6. The number of piperazine rings is 1. The van der Waals surface area contributed by atoms with Crippen molar-refractivity contribution in [2.24, 2.45) is 0 Å². The Hall–Kier alpha value is -0.930. The lowest BCUT2D eigenvalue weighted by atomic mass is 10.2. The van der Waals surface area contributed by atoms with E-state index in [0.717, 1.165) is 0 Å². The Morgan fingerprint density at radius 1 is 1.48 bits per heavy atom. The predicted octanol–water partition coefficient (Wildman–Crippen LogP) is 0.0607. The molecule has 0 spiro atoms. The van der Waals surface area contributed by atoms with Gasteiger partial charge < -0.3 is 10.1 Å². The number of carbonyl (C=O) groups excluding carboxylic acids is 1. The molecule has 0 aromatic carbocycles. The van der Waals surface area contributed by atoms with E-state index in [1.807, 2.05) is 0 Å². The van der Waals surface area contributed by atoms with Crippen LogP contribution in [0.2, 0.25) is 0 Å². The average Bonchev–Trinajstić information content (AvgIpc) is 2.47. The van der Waals surface area contributed by atoms with Gasteiger partial charge >= 0.3 is 5.97 Å². The third kappa shape index (κ3) is 4.52. The molecule has 1 atom stereocenters. The Morgan fingerprint density at radius 3 is 2.76 bits per heavy atom. The van der Waals surface area contributed by atoms with Crippen molar-refractivity contribution < 1.29 is 17.9 Å². The van der Waals surface area contributed by atoms with Crippen molar-refractivity contribution in [2.75, 3.05) is 26.7 Å².